The molecule has 1 aromatic carbocycles. The summed E-state index contributed by atoms with van der Waals surface area (Å²) in [6.45, 7) is 1.62. The number of anilines is 1. The molecule has 0 aliphatic rings. The number of nitrogen functional groups attached to an aromatic ring is 1. The summed E-state index contributed by atoms with van der Waals surface area (Å²) < 4.78 is 40.3. The van der Waals surface area contributed by atoms with Gasteiger partial charge in [-0.25, -0.2) is 4.79 Å². The molecule has 0 unspecified atom stereocenters. The van der Waals surface area contributed by atoms with Crippen LogP contribution in [-0.4, -0.2) is 14.5 Å². The van der Waals surface area contributed by atoms with Crippen molar-refractivity contribution >= 4 is 28.3 Å². The predicted octanol–water partition coefficient (Wildman–Crippen LogP) is 3.34. The largest absolute Gasteiger partial charge is 0.416 e. The van der Waals surface area contributed by atoms with Gasteiger partial charge in [0.05, 0.1) is 32.9 Å². The van der Waals surface area contributed by atoms with Gasteiger partial charge in [-0.2, -0.15) is 18.2 Å². The van der Waals surface area contributed by atoms with Crippen molar-refractivity contribution in [1.29, 1.82) is 0 Å². The number of pyridine rings is 1. The van der Waals surface area contributed by atoms with E-state index in [1.54, 1.807) is 19.1 Å². The Morgan fingerprint density at radius 3 is 2.62 bits per heavy atom. The standard InChI is InChI=1S/C15H10ClF3N4O/c1-7-10(3-2-4-21-7)23-11-6-8(15(17,18)19)5-9(16)12(11)13(20)22-14(23)24/h2-6H,1H3,(H2,20,22,24). The van der Waals surface area contributed by atoms with Gasteiger partial charge >= 0.3 is 11.9 Å². The van der Waals surface area contributed by atoms with Gasteiger partial charge < -0.3 is 5.73 Å². The molecule has 3 aromatic rings. The second kappa shape index (κ2) is 5.48. The molecule has 0 saturated carbocycles. The van der Waals surface area contributed by atoms with E-state index in [1.165, 1.54) is 6.20 Å². The second-order valence-electron chi connectivity index (χ2n) is 5.07. The zero-order valence-electron chi connectivity index (χ0n) is 12.2. The van der Waals surface area contributed by atoms with Crippen LogP contribution in [-0.2, 0) is 6.18 Å². The number of halogens is 4. The van der Waals surface area contributed by atoms with Crippen LogP contribution >= 0.6 is 11.6 Å². The number of aromatic nitrogens is 3. The normalized spacial score (nSPS) is 11.9. The summed E-state index contributed by atoms with van der Waals surface area (Å²) in [7, 11) is 0. The lowest BCUT2D eigenvalue weighted by atomic mass is 10.1. The molecule has 2 N–H and O–H groups in total. The van der Waals surface area contributed by atoms with Gasteiger partial charge in [-0.05, 0) is 31.2 Å². The van der Waals surface area contributed by atoms with Crippen molar-refractivity contribution in [2.45, 2.75) is 13.1 Å². The van der Waals surface area contributed by atoms with Crippen LogP contribution in [0.3, 0.4) is 0 Å². The first-order valence-corrected chi connectivity index (χ1v) is 7.09. The molecule has 0 amide bonds. The van der Waals surface area contributed by atoms with Crippen LogP contribution < -0.4 is 11.4 Å². The number of aryl methyl sites for hydroxylation is 1. The van der Waals surface area contributed by atoms with Crippen LogP contribution in [0.5, 0.6) is 0 Å². The van der Waals surface area contributed by atoms with Gasteiger partial charge in [-0.3, -0.25) is 9.55 Å². The van der Waals surface area contributed by atoms with Crippen molar-refractivity contribution in [1.82, 2.24) is 14.5 Å². The first kappa shape index (κ1) is 16.3. The summed E-state index contributed by atoms with van der Waals surface area (Å²) in [5.41, 5.74) is 4.56. The summed E-state index contributed by atoms with van der Waals surface area (Å²) in [5.74, 6) is -0.230. The fourth-order valence-corrected chi connectivity index (χ4v) is 2.75. The maximum Gasteiger partial charge on any atom is 0.416 e. The van der Waals surface area contributed by atoms with Gasteiger partial charge in [0.1, 0.15) is 5.82 Å². The lowest BCUT2D eigenvalue weighted by Crippen LogP contribution is -2.24. The first-order valence-electron chi connectivity index (χ1n) is 6.71. The highest BCUT2D eigenvalue weighted by Crippen LogP contribution is 2.36. The zero-order chi connectivity index (χ0) is 17.6. The Balaban J connectivity index is 2.52. The average Bonchev–Trinajstić information content (AvgIpc) is 2.47. The molecule has 0 aliphatic heterocycles. The molecule has 5 nitrogen and oxygen atoms in total. The van der Waals surface area contributed by atoms with E-state index in [1.807, 2.05) is 0 Å². The predicted molar refractivity (Wildman–Crippen MR) is 84.3 cm³/mol. The molecule has 24 heavy (non-hydrogen) atoms. The monoisotopic (exact) mass is 354 g/mol. The maximum atomic E-state index is 13.1. The van der Waals surface area contributed by atoms with E-state index in [2.05, 4.69) is 9.97 Å². The van der Waals surface area contributed by atoms with Crippen LogP contribution in [0.1, 0.15) is 11.3 Å². The topological polar surface area (TPSA) is 73.8 Å². The summed E-state index contributed by atoms with van der Waals surface area (Å²) in [6, 6.07) is 4.70. The number of nitrogens with two attached hydrogens (primary N) is 1. The summed E-state index contributed by atoms with van der Waals surface area (Å²) in [5, 5.41) is -0.160. The van der Waals surface area contributed by atoms with E-state index in [9.17, 15) is 18.0 Å². The first-order chi connectivity index (χ1) is 11.2. The summed E-state index contributed by atoms with van der Waals surface area (Å²) in [6.07, 6.45) is -3.12. The molecule has 0 bridgehead atoms. The number of fused-ring (bicyclic) bond motifs is 1. The Bertz CT molecular complexity index is 1010. The van der Waals surface area contributed by atoms with Gasteiger partial charge in [0.25, 0.3) is 0 Å². The second-order valence-corrected chi connectivity index (χ2v) is 5.48. The Kier molecular flexibility index (Phi) is 3.71. The minimum absolute atomic E-state index is 0.0764. The minimum Gasteiger partial charge on any atom is -0.383 e. The molecular formula is C15H10ClF3N4O. The molecule has 0 spiro atoms. The molecule has 9 heteroatoms. The molecule has 124 valence electrons. The number of benzene rings is 1. The number of nitrogens with zero attached hydrogens (tertiary/aromatic N) is 3. The fraction of sp³-hybridized carbons (Fsp3) is 0.133. The Morgan fingerprint density at radius 2 is 2.00 bits per heavy atom. The van der Waals surface area contributed by atoms with Crippen LogP contribution in [0.4, 0.5) is 19.0 Å². The Labute approximate surface area is 138 Å². The van der Waals surface area contributed by atoms with Crippen molar-refractivity contribution in [2.75, 3.05) is 5.73 Å². The molecule has 0 aliphatic carbocycles. The lowest BCUT2D eigenvalue weighted by Gasteiger charge is -2.15. The van der Waals surface area contributed by atoms with Crippen molar-refractivity contribution in [3.63, 3.8) is 0 Å². The van der Waals surface area contributed by atoms with Gasteiger partial charge in [0.2, 0.25) is 0 Å². The highest BCUT2D eigenvalue weighted by molar-refractivity contribution is 6.36. The average molecular weight is 355 g/mol. The number of hydrogen-bond acceptors (Lipinski definition) is 4. The quantitative estimate of drug-likeness (QED) is 0.727. The third kappa shape index (κ3) is 2.58. The molecule has 2 aromatic heterocycles. The summed E-state index contributed by atoms with van der Waals surface area (Å²) >= 11 is 5.97. The molecule has 0 radical (unpaired) electrons. The van der Waals surface area contributed by atoms with Crippen molar-refractivity contribution in [3.05, 3.63) is 57.2 Å². The van der Waals surface area contributed by atoms with Crippen molar-refractivity contribution in [2.24, 2.45) is 0 Å². The minimum atomic E-state index is -4.62. The van der Waals surface area contributed by atoms with Gasteiger partial charge in [-0.15, -0.1) is 0 Å². The molecule has 0 atom stereocenters. The van der Waals surface area contributed by atoms with Gasteiger partial charge in [-0.1, -0.05) is 11.6 Å². The van der Waals surface area contributed by atoms with Crippen LogP contribution in [0.2, 0.25) is 5.02 Å². The third-order valence-corrected chi connectivity index (χ3v) is 3.82. The number of rotatable bonds is 1. The molecule has 3 rings (SSSR count). The SMILES string of the molecule is Cc1ncccc1-n1c(=O)nc(N)c2c(Cl)cc(C(F)(F)F)cc21. The fourth-order valence-electron chi connectivity index (χ4n) is 2.44. The maximum absolute atomic E-state index is 13.1. The number of hydrogen-bond donors (Lipinski definition) is 1. The molecular weight excluding hydrogens is 345 g/mol. The highest BCUT2D eigenvalue weighted by Gasteiger charge is 2.32. The molecule has 0 saturated heterocycles. The van der Waals surface area contributed by atoms with E-state index in [-0.39, 0.29) is 21.7 Å². The Hall–Kier alpha value is -2.61. The van der Waals surface area contributed by atoms with Crippen molar-refractivity contribution in [3.8, 4) is 5.69 Å². The third-order valence-electron chi connectivity index (χ3n) is 3.52. The van der Waals surface area contributed by atoms with E-state index in [4.69, 9.17) is 17.3 Å². The summed E-state index contributed by atoms with van der Waals surface area (Å²) in [4.78, 5) is 20.0. The van der Waals surface area contributed by atoms with Crippen molar-refractivity contribution < 1.29 is 13.2 Å². The molecule has 2 heterocycles. The van der Waals surface area contributed by atoms with E-state index < -0.39 is 17.4 Å². The Morgan fingerprint density at radius 1 is 1.29 bits per heavy atom. The van der Waals surface area contributed by atoms with Gasteiger partial charge in [0, 0.05) is 6.20 Å². The van der Waals surface area contributed by atoms with Crippen LogP contribution in [0.15, 0.2) is 35.3 Å². The van der Waals surface area contributed by atoms with Crippen LogP contribution in [0, 0.1) is 6.92 Å². The number of alkyl halides is 3. The molecule has 0 fully saturated rings. The smallest absolute Gasteiger partial charge is 0.383 e. The van der Waals surface area contributed by atoms with Gasteiger partial charge in [0.15, 0.2) is 0 Å². The lowest BCUT2D eigenvalue weighted by molar-refractivity contribution is -0.137. The van der Waals surface area contributed by atoms with E-state index >= 15 is 0 Å². The van der Waals surface area contributed by atoms with Crippen LogP contribution in [0.25, 0.3) is 16.6 Å². The van der Waals surface area contributed by atoms with E-state index in [0.717, 1.165) is 16.7 Å². The highest BCUT2D eigenvalue weighted by atomic mass is 35.5. The van der Waals surface area contributed by atoms with E-state index in [0.29, 0.717) is 11.4 Å². The zero-order valence-corrected chi connectivity index (χ0v) is 13.0.